The first kappa shape index (κ1) is 27.1. The molecule has 0 rings (SSSR count). The van der Waals surface area contributed by atoms with Crippen molar-refractivity contribution in [3.63, 3.8) is 0 Å². The third-order valence-corrected chi connectivity index (χ3v) is 5.05. The monoisotopic (exact) mass is 413 g/mol. The number of hydrogen-bond acceptors (Lipinski definition) is 4. The molecular weight excluding hydrogens is 374 g/mol. The minimum atomic E-state index is -1.43. The van der Waals surface area contributed by atoms with Crippen LogP contribution in [0.1, 0.15) is 84.0 Å². The fourth-order valence-corrected chi connectivity index (χ4v) is 3.59. The molecule has 0 amide bonds. The van der Waals surface area contributed by atoms with Gasteiger partial charge in [-0.15, -0.1) is 0 Å². The van der Waals surface area contributed by atoms with E-state index in [0.717, 1.165) is 38.5 Å². The summed E-state index contributed by atoms with van der Waals surface area (Å²) in [6.07, 6.45) is 17.7. The van der Waals surface area contributed by atoms with Gasteiger partial charge in [0.2, 0.25) is 0 Å². The highest BCUT2D eigenvalue weighted by atomic mass is 16.4. The molecule has 7 nitrogen and oxygen atoms in total. The zero-order valence-corrected chi connectivity index (χ0v) is 17.9. The molecule has 0 atom stereocenters. The van der Waals surface area contributed by atoms with Crippen LogP contribution in [0.2, 0.25) is 0 Å². The van der Waals surface area contributed by atoms with Crippen molar-refractivity contribution in [2.45, 2.75) is 84.0 Å². The van der Waals surface area contributed by atoms with Crippen molar-refractivity contribution in [2.75, 3.05) is 26.2 Å². The van der Waals surface area contributed by atoms with Crippen molar-refractivity contribution >= 4 is 17.9 Å². The molecular formula is C22H39NO6. The Morgan fingerprint density at radius 2 is 1.17 bits per heavy atom. The van der Waals surface area contributed by atoms with Crippen LogP contribution >= 0.6 is 0 Å². The van der Waals surface area contributed by atoms with Gasteiger partial charge in [0.25, 0.3) is 0 Å². The van der Waals surface area contributed by atoms with Crippen molar-refractivity contribution in [3.05, 3.63) is 12.2 Å². The number of carboxylic acid groups (broad SMARTS) is 3. The predicted molar refractivity (Wildman–Crippen MR) is 110 cm³/mol. The van der Waals surface area contributed by atoms with E-state index in [0.29, 0.717) is 6.42 Å². The second-order valence-corrected chi connectivity index (χ2v) is 7.93. The third-order valence-electron chi connectivity index (χ3n) is 5.05. The van der Waals surface area contributed by atoms with Crippen molar-refractivity contribution in [1.29, 1.82) is 0 Å². The molecule has 0 unspecified atom stereocenters. The fourth-order valence-electron chi connectivity index (χ4n) is 3.59. The van der Waals surface area contributed by atoms with Crippen molar-refractivity contribution in [1.82, 2.24) is 0 Å². The summed E-state index contributed by atoms with van der Waals surface area (Å²) in [5.41, 5.74) is 0. The zero-order chi connectivity index (χ0) is 22.0. The van der Waals surface area contributed by atoms with Crippen LogP contribution in [0.15, 0.2) is 12.2 Å². The number of nitrogens with zero attached hydrogens (tertiary/aromatic N) is 1. The second-order valence-electron chi connectivity index (χ2n) is 7.93. The van der Waals surface area contributed by atoms with Crippen molar-refractivity contribution in [3.8, 4) is 0 Å². The summed E-state index contributed by atoms with van der Waals surface area (Å²) in [5.74, 6) is -3.83. The van der Waals surface area contributed by atoms with E-state index >= 15 is 0 Å². The average molecular weight is 414 g/mol. The Balaban J connectivity index is 4.03. The van der Waals surface area contributed by atoms with E-state index in [-0.39, 0.29) is 6.54 Å². The van der Waals surface area contributed by atoms with Crippen LogP contribution in [0.5, 0.6) is 0 Å². The second kappa shape index (κ2) is 17.0. The highest BCUT2D eigenvalue weighted by molar-refractivity contribution is 5.72. The number of quaternary nitrogens is 1. The van der Waals surface area contributed by atoms with Gasteiger partial charge in [-0.25, -0.2) is 9.59 Å². The van der Waals surface area contributed by atoms with Gasteiger partial charge in [-0.05, 0) is 38.5 Å². The summed E-state index contributed by atoms with van der Waals surface area (Å²) in [6.45, 7) is 0.786. The molecule has 7 heteroatoms. The van der Waals surface area contributed by atoms with Gasteiger partial charge in [0.05, 0.1) is 12.5 Å². The minimum absolute atomic E-state index is 0.213. The third kappa shape index (κ3) is 16.7. The number of rotatable bonds is 20. The predicted octanol–water partition coefficient (Wildman–Crippen LogP) is 2.98. The molecule has 0 aliphatic carbocycles. The molecule has 0 aromatic carbocycles. The molecule has 0 fully saturated rings. The molecule has 0 radical (unpaired) electrons. The molecule has 29 heavy (non-hydrogen) atoms. The number of unbranched alkanes of at least 4 members (excludes halogenated alkanes) is 10. The van der Waals surface area contributed by atoms with E-state index in [1.807, 2.05) is 0 Å². The Bertz CT molecular complexity index is 463. The Kier molecular flexibility index (Phi) is 15.9. The van der Waals surface area contributed by atoms with Gasteiger partial charge in [0.15, 0.2) is 13.1 Å². The molecule has 0 aromatic heterocycles. The van der Waals surface area contributed by atoms with Crippen LogP contribution in [-0.4, -0.2) is 58.8 Å². The molecule has 2 N–H and O–H groups in total. The lowest BCUT2D eigenvalue weighted by Gasteiger charge is -2.36. The number of aliphatic carboxylic acids is 3. The molecule has 0 spiro atoms. The van der Waals surface area contributed by atoms with Crippen LogP contribution < -0.4 is 5.11 Å². The van der Waals surface area contributed by atoms with Crippen molar-refractivity contribution < 1.29 is 34.2 Å². The number of hydrogen-bond donors (Lipinski definition) is 2. The molecule has 0 bridgehead atoms. The standard InChI is InChI=1S/C22H39NO6/c1-2-3-4-5-6-7-8-9-10-11-12-13-14-15-16-23(17-20(24)25,18-21(26)27)19-22(28)29/h8-9H,2-7,10-19H2,1H3,(H2-,24,25,26,27,28,29)/b9-8+. The summed E-state index contributed by atoms with van der Waals surface area (Å²) in [6, 6.07) is 0. The normalized spacial score (nSPS) is 11.8. The van der Waals surface area contributed by atoms with Crippen LogP contribution in [0.3, 0.4) is 0 Å². The van der Waals surface area contributed by atoms with E-state index in [1.54, 1.807) is 0 Å². The lowest BCUT2D eigenvalue weighted by Crippen LogP contribution is -2.59. The Labute approximate surface area is 175 Å². The van der Waals surface area contributed by atoms with Crippen molar-refractivity contribution in [2.24, 2.45) is 0 Å². The van der Waals surface area contributed by atoms with Gasteiger partial charge in [0.1, 0.15) is 6.54 Å². The highest BCUT2D eigenvalue weighted by Gasteiger charge is 2.33. The molecule has 0 aromatic rings. The number of carbonyl (C=O) groups is 3. The molecule has 168 valence electrons. The van der Waals surface area contributed by atoms with Gasteiger partial charge >= 0.3 is 11.9 Å². The summed E-state index contributed by atoms with van der Waals surface area (Å²) in [5, 5.41) is 29.1. The van der Waals surface area contributed by atoms with Crippen LogP contribution in [0.4, 0.5) is 0 Å². The smallest absolute Gasteiger partial charge is 0.359 e. The SMILES string of the molecule is CCCCCCC/C=C/CCCCCCC[N+](CC(=O)[O-])(CC(=O)O)CC(=O)O. The molecule has 0 saturated carbocycles. The van der Waals surface area contributed by atoms with E-state index in [1.165, 1.54) is 32.1 Å². The maximum absolute atomic E-state index is 11.1. The summed E-state index contributed by atoms with van der Waals surface area (Å²) < 4.78 is -0.506. The number of allylic oxidation sites excluding steroid dienone is 2. The summed E-state index contributed by atoms with van der Waals surface area (Å²) in [4.78, 5) is 33.2. The van der Waals surface area contributed by atoms with E-state index in [2.05, 4.69) is 19.1 Å². The molecule has 0 aliphatic heterocycles. The number of carbonyl (C=O) groups excluding carboxylic acids is 1. The van der Waals surface area contributed by atoms with E-state index in [9.17, 15) is 19.5 Å². The van der Waals surface area contributed by atoms with Gasteiger partial charge in [0, 0.05) is 0 Å². The van der Waals surface area contributed by atoms with Gasteiger partial charge in [-0.2, -0.15) is 0 Å². The lowest BCUT2D eigenvalue weighted by atomic mass is 10.1. The summed E-state index contributed by atoms with van der Waals surface area (Å²) in [7, 11) is 0. The molecule has 0 saturated heterocycles. The molecule has 0 aliphatic rings. The first-order valence-electron chi connectivity index (χ1n) is 10.9. The topological polar surface area (TPSA) is 115 Å². The lowest BCUT2D eigenvalue weighted by molar-refractivity contribution is -0.909. The fraction of sp³-hybridized carbons (Fsp3) is 0.773. The zero-order valence-electron chi connectivity index (χ0n) is 17.9. The largest absolute Gasteiger partial charge is 0.544 e. The van der Waals surface area contributed by atoms with Crippen LogP contribution in [-0.2, 0) is 14.4 Å². The minimum Gasteiger partial charge on any atom is -0.544 e. The first-order valence-corrected chi connectivity index (χ1v) is 10.9. The van der Waals surface area contributed by atoms with Gasteiger partial charge in [-0.3, -0.25) is 0 Å². The Morgan fingerprint density at radius 1 is 0.724 bits per heavy atom. The maximum Gasteiger partial charge on any atom is 0.359 e. The summed E-state index contributed by atoms with van der Waals surface area (Å²) >= 11 is 0. The average Bonchev–Trinajstić information content (AvgIpc) is 2.60. The quantitative estimate of drug-likeness (QED) is 0.180. The van der Waals surface area contributed by atoms with Crippen LogP contribution in [0, 0.1) is 0 Å². The number of carboxylic acids is 3. The van der Waals surface area contributed by atoms with Crippen LogP contribution in [0.25, 0.3) is 0 Å². The molecule has 0 heterocycles. The van der Waals surface area contributed by atoms with Gasteiger partial charge < -0.3 is 24.6 Å². The van der Waals surface area contributed by atoms with E-state index in [4.69, 9.17) is 10.2 Å². The Hall–Kier alpha value is -1.89. The highest BCUT2D eigenvalue weighted by Crippen LogP contribution is 2.13. The van der Waals surface area contributed by atoms with Gasteiger partial charge in [-0.1, -0.05) is 57.6 Å². The maximum atomic E-state index is 11.1. The first-order chi connectivity index (χ1) is 13.8. The van der Waals surface area contributed by atoms with E-state index < -0.39 is 42.0 Å². The Morgan fingerprint density at radius 3 is 1.62 bits per heavy atom.